The molecule has 1 aromatic rings. The van der Waals surface area contributed by atoms with Crippen LogP contribution >= 0.6 is 0 Å². The Morgan fingerprint density at radius 3 is 2.05 bits per heavy atom. The van der Waals surface area contributed by atoms with Crippen LogP contribution in [0.1, 0.15) is 46.5 Å². The maximum atomic E-state index is 12.9. The van der Waals surface area contributed by atoms with Crippen LogP contribution in [-0.4, -0.2) is 14.5 Å². The predicted octanol–water partition coefficient (Wildman–Crippen LogP) is 3.71. The van der Waals surface area contributed by atoms with Gasteiger partial charge in [-0.2, -0.15) is 0 Å². The highest BCUT2D eigenvalue weighted by molar-refractivity contribution is 7.89. The van der Waals surface area contributed by atoms with Gasteiger partial charge in [-0.05, 0) is 61.3 Å². The van der Waals surface area contributed by atoms with E-state index in [9.17, 15) is 12.8 Å². The number of benzene rings is 1. The molecule has 0 spiro atoms. The van der Waals surface area contributed by atoms with Crippen LogP contribution < -0.4 is 4.72 Å². The molecule has 1 aliphatic carbocycles. The Kier molecular flexibility index (Phi) is 4.73. The van der Waals surface area contributed by atoms with E-state index in [1.165, 1.54) is 24.3 Å². The fourth-order valence-electron chi connectivity index (χ4n) is 2.98. The Balaban J connectivity index is 1.98. The van der Waals surface area contributed by atoms with Crippen molar-refractivity contribution in [2.75, 3.05) is 0 Å². The Morgan fingerprint density at radius 2 is 1.57 bits per heavy atom. The van der Waals surface area contributed by atoms with E-state index in [1.807, 2.05) is 0 Å². The van der Waals surface area contributed by atoms with Gasteiger partial charge in [0.05, 0.1) is 4.90 Å². The van der Waals surface area contributed by atoms with Crippen LogP contribution in [0.25, 0.3) is 0 Å². The summed E-state index contributed by atoms with van der Waals surface area (Å²) < 4.78 is 40.1. The van der Waals surface area contributed by atoms with Gasteiger partial charge in [-0.3, -0.25) is 0 Å². The van der Waals surface area contributed by atoms with Gasteiger partial charge in [-0.15, -0.1) is 0 Å². The Labute approximate surface area is 127 Å². The van der Waals surface area contributed by atoms with E-state index in [1.54, 1.807) is 0 Å². The summed E-state index contributed by atoms with van der Waals surface area (Å²) in [5.41, 5.74) is 0.279. The molecule has 1 aliphatic rings. The zero-order valence-electron chi connectivity index (χ0n) is 12.9. The molecule has 2 rings (SSSR count). The minimum Gasteiger partial charge on any atom is -0.208 e. The number of nitrogens with one attached hydrogen (secondary N) is 1. The van der Waals surface area contributed by atoms with Crippen LogP contribution in [0.15, 0.2) is 29.2 Å². The highest BCUT2D eigenvalue weighted by atomic mass is 32.2. The largest absolute Gasteiger partial charge is 0.240 e. The Morgan fingerprint density at radius 1 is 1.05 bits per heavy atom. The molecule has 0 aliphatic heterocycles. The number of hydrogen-bond donors (Lipinski definition) is 1. The molecule has 0 aromatic heterocycles. The Bertz CT molecular complexity index is 567. The van der Waals surface area contributed by atoms with Crippen molar-refractivity contribution in [2.24, 2.45) is 11.3 Å². The third-order valence-corrected chi connectivity index (χ3v) is 5.93. The molecule has 0 heterocycles. The van der Waals surface area contributed by atoms with Crippen molar-refractivity contribution in [3.8, 4) is 0 Å². The molecular formula is C16H24FNO2S. The van der Waals surface area contributed by atoms with Crippen molar-refractivity contribution in [1.29, 1.82) is 0 Å². The summed E-state index contributed by atoms with van der Waals surface area (Å²) in [6.45, 7) is 6.71. The van der Waals surface area contributed by atoms with Gasteiger partial charge in [0.1, 0.15) is 5.82 Å². The molecule has 1 N–H and O–H groups in total. The zero-order valence-corrected chi connectivity index (χ0v) is 13.7. The van der Waals surface area contributed by atoms with Crippen molar-refractivity contribution >= 4 is 10.0 Å². The summed E-state index contributed by atoms with van der Waals surface area (Å²) >= 11 is 0. The monoisotopic (exact) mass is 313 g/mol. The maximum absolute atomic E-state index is 12.9. The molecule has 0 bridgehead atoms. The molecule has 0 atom stereocenters. The number of rotatable bonds is 3. The first kappa shape index (κ1) is 16.4. The quantitative estimate of drug-likeness (QED) is 0.924. The second-order valence-corrected chi connectivity index (χ2v) is 8.70. The zero-order chi connectivity index (χ0) is 15.7. The lowest BCUT2D eigenvalue weighted by atomic mass is 9.71. The molecular weight excluding hydrogens is 289 g/mol. The van der Waals surface area contributed by atoms with Crippen LogP contribution in [0.2, 0.25) is 0 Å². The Hall–Kier alpha value is -0.940. The van der Waals surface area contributed by atoms with Gasteiger partial charge in [0, 0.05) is 6.04 Å². The minimum atomic E-state index is -3.55. The average molecular weight is 313 g/mol. The van der Waals surface area contributed by atoms with Gasteiger partial charge in [0.2, 0.25) is 10.0 Å². The molecule has 1 fully saturated rings. The van der Waals surface area contributed by atoms with E-state index in [2.05, 4.69) is 25.5 Å². The summed E-state index contributed by atoms with van der Waals surface area (Å²) in [5, 5.41) is 0. The number of sulfonamides is 1. The third kappa shape index (κ3) is 4.27. The van der Waals surface area contributed by atoms with Crippen LogP contribution in [0.4, 0.5) is 4.39 Å². The molecule has 118 valence electrons. The highest BCUT2D eigenvalue weighted by Crippen LogP contribution is 2.37. The second kappa shape index (κ2) is 6.05. The molecule has 5 heteroatoms. The van der Waals surface area contributed by atoms with Crippen molar-refractivity contribution < 1.29 is 12.8 Å². The van der Waals surface area contributed by atoms with Crippen LogP contribution in [0.5, 0.6) is 0 Å². The molecule has 1 saturated carbocycles. The van der Waals surface area contributed by atoms with Crippen molar-refractivity contribution in [1.82, 2.24) is 4.72 Å². The van der Waals surface area contributed by atoms with Gasteiger partial charge in [-0.1, -0.05) is 20.8 Å². The lowest BCUT2D eigenvalue weighted by Gasteiger charge is -2.37. The van der Waals surface area contributed by atoms with Gasteiger partial charge < -0.3 is 0 Å². The summed E-state index contributed by atoms with van der Waals surface area (Å²) in [7, 11) is -3.55. The summed E-state index contributed by atoms with van der Waals surface area (Å²) in [6.07, 6.45) is 3.81. The topological polar surface area (TPSA) is 46.2 Å². The molecule has 3 nitrogen and oxygen atoms in total. The van der Waals surface area contributed by atoms with E-state index < -0.39 is 15.8 Å². The van der Waals surface area contributed by atoms with Crippen LogP contribution in [0, 0.1) is 17.2 Å². The summed E-state index contributed by atoms with van der Waals surface area (Å²) in [5.74, 6) is 0.212. The normalized spacial score (nSPS) is 24.0. The molecule has 21 heavy (non-hydrogen) atoms. The average Bonchev–Trinajstić information content (AvgIpc) is 2.38. The lowest BCUT2D eigenvalue weighted by Crippen LogP contribution is -2.39. The van der Waals surface area contributed by atoms with E-state index in [-0.39, 0.29) is 16.4 Å². The van der Waals surface area contributed by atoms with E-state index in [0.717, 1.165) is 25.7 Å². The molecule has 1 aromatic carbocycles. The first-order valence-corrected chi connectivity index (χ1v) is 8.95. The predicted molar refractivity (Wildman–Crippen MR) is 81.9 cm³/mol. The molecule has 0 amide bonds. The fraction of sp³-hybridized carbons (Fsp3) is 0.625. The van der Waals surface area contributed by atoms with Gasteiger partial charge in [0.15, 0.2) is 0 Å². The minimum absolute atomic E-state index is 0.0151. The van der Waals surface area contributed by atoms with E-state index in [0.29, 0.717) is 5.92 Å². The first-order valence-electron chi connectivity index (χ1n) is 7.46. The van der Waals surface area contributed by atoms with Gasteiger partial charge in [-0.25, -0.2) is 17.5 Å². The van der Waals surface area contributed by atoms with Gasteiger partial charge >= 0.3 is 0 Å². The maximum Gasteiger partial charge on any atom is 0.240 e. The fourth-order valence-corrected chi connectivity index (χ4v) is 4.28. The molecule has 0 saturated heterocycles. The van der Waals surface area contributed by atoms with Gasteiger partial charge in [0.25, 0.3) is 0 Å². The third-order valence-electron chi connectivity index (χ3n) is 4.40. The van der Waals surface area contributed by atoms with Crippen LogP contribution in [0.3, 0.4) is 0 Å². The second-order valence-electron chi connectivity index (χ2n) is 6.99. The van der Waals surface area contributed by atoms with Crippen molar-refractivity contribution in [3.05, 3.63) is 30.1 Å². The number of halogens is 1. The lowest BCUT2D eigenvalue weighted by molar-refractivity contribution is 0.166. The number of hydrogen-bond acceptors (Lipinski definition) is 2. The molecule has 0 radical (unpaired) electrons. The van der Waals surface area contributed by atoms with E-state index >= 15 is 0 Å². The summed E-state index contributed by atoms with van der Waals surface area (Å²) in [6, 6.07) is 4.94. The van der Waals surface area contributed by atoms with Crippen LogP contribution in [-0.2, 0) is 10.0 Å². The standard InChI is InChI=1S/C16H24FNO2S/c1-16(2,3)12-4-8-14(9-5-12)18-21(19,20)15-10-6-13(17)7-11-15/h6-7,10-12,14,18H,4-5,8-9H2,1-3H3. The van der Waals surface area contributed by atoms with Crippen molar-refractivity contribution in [3.63, 3.8) is 0 Å². The van der Waals surface area contributed by atoms with Crippen molar-refractivity contribution in [2.45, 2.75) is 57.4 Å². The highest BCUT2D eigenvalue weighted by Gasteiger charge is 2.31. The van der Waals surface area contributed by atoms with E-state index in [4.69, 9.17) is 0 Å². The smallest absolute Gasteiger partial charge is 0.208 e. The summed E-state index contributed by atoms with van der Waals surface area (Å²) in [4.78, 5) is 0.127. The first-order chi connectivity index (χ1) is 9.68. The molecule has 0 unspecified atom stereocenters. The SMILES string of the molecule is CC(C)(C)C1CCC(NS(=O)(=O)c2ccc(F)cc2)CC1.